The van der Waals surface area contributed by atoms with E-state index >= 15 is 0 Å². The van der Waals surface area contributed by atoms with E-state index in [-0.39, 0.29) is 12.2 Å². The van der Waals surface area contributed by atoms with Crippen molar-refractivity contribution in [2.45, 2.75) is 25.0 Å². The standard InChI is InChI=1S/C10H14N5O6P/c1-19-22(17,18)21-10-5(16)2-6(20-10)15-4-14-7-8(11)12-3-13-9(7)15/h3-6,10,16H,2H2,1H3,(H,17,18)(H2,11,12,13)/t5-,6+,10+/m0/s1. The van der Waals surface area contributed by atoms with Crippen molar-refractivity contribution in [2.75, 3.05) is 12.8 Å². The summed E-state index contributed by atoms with van der Waals surface area (Å²) in [4.78, 5) is 21.3. The average Bonchev–Trinajstić information content (AvgIpc) is 3.04. The first-order valence-corrected chi connectivity index (χ1v) is 7.74. The third kappa shape index (κ3) is 2.70. The number of nitrogen functional groups attached to an aromatic ring is 1. The summed E-state index contributed by atoms with van der Waals surface area (Å²) in [7, 11) is -3.26. The summed E-state index contributed by atoms with van der Waals surface area (Å²) >= 11 is 0. The van der Waals surface area contributed by atoms with Crippen LogP contribution >= 0.6 is 7.82 Å². The van der Waals surface area contributed by atoms with Crippen molar-refractivity contribution in [3.8, 4) is 0 Å². The number of hydrogen-bond acceptors (Lipinski definition) is 9. The Balaban J connectivity index is 1.84. The lowest BCUT2D eigenvalue weighted by molar-refractivity contribution is -0.134. The summed E-state index contributed by atoms with van der Waals surface area (Å²) in [6, 6.07) is 0. The van der Waals surface area contributed by atoms with Crippen LogP contribution in [0.4, 0.5) is 5.82 Å². The lowest BCUT2D eigenvalue weighted by Crippen LogP contribution is -2.23. The fourth-order valence-corrected chi connectivity index (χ4v) is 2.69. The molecular formula is C10H14N5O6P. The zero-order valence-electron chi connectivity index (χ0n) is 11.4. The summed E-state index contributed by atoms with van der Waals surface area (Å²) in [5, 5.41) is 9.91. The Kier molecular flexibility index (Phi) is 3.85. The minimum absolute atomic E-state index is 0.115. The molecule has 3 heterocycles. The van der Waals surface area contributed by atoms with Crippen molar-refractivity contribution in [3.05, 3.63) is 12.7 Å². The Hall–Kier alpha value is -1.62. The molecule has 2 aromatic rings. The van der Waals surface area contributed by atoms with E-state index in [2.05, 4.69) is 19.5 Å². The number of rotatable bonds is 4. The SMILES string of the molecule is COP(=O)(O)O[C@H]1O[C@@H](n2cnc3c(N)ncnc32)C[C@@H]1O. The van der Waals surface area contributed by atoms with E-state index < -0.39 is 26.4 Å². The molecule has 0 bridgehead atoms. The lowest BCUT2D eigenvalue weighted by Gasteiger charge is -2.18. The summed E-state index contributed by atoms with van der Waals surface area (Å²) in [5.41, 5.74) is 6.51. The molecule has 1 fully saturated rings. The molecule has 0 aliphatic carbocycles. The Morgan fingerprint density at radius 1 is 1.50 bits per heavy atom. The quantitative estimate of drug-likeness (QED) is 0.640. The van der Waals surface area contributed by atoms with Gasteiger partial charge in [0.15, 0.2) is 17.8 Å². The van der Waals surface area contributed by atoms with Crippen LogP contribution in [0.15, 0.2) is 12.7 Å². The van der Waals surface area contributed by atoms with Crippen LogP contribution in [0, 0.1) is 0 Å². The van der Waals surface area contributed by atoms with Gasteiger partial charge in [0.1, 0.15) is 24.2 Å². The lowest BCUT2D eigenvalue weighted by atomic mass is 10.2. The highest BCUT2D eigenvalue weighted by molar-refractivity contribution is 7.47. The fourth-order valence-electron chi connectivity index (χ4n) is 2.15. The third-order valence-electron chi connectivity index (χ3n) is 3.21. The first-order chi connectivity index (χ1) is 10.4. The number of fused-ring (bicyclic) bond motifs is 1. The van der Waals surface area contributed by atoms with Crippen molar-refractivity contribution >= 4 is 24.8 Å². The first-order valence-electron chi connectivity index (χ1n) is 6.25. The van der Waals surface area contributed by atoms with Crippen LogP contribution in [0.3, 0.4) is 0 Å². The van der Waals surface area contributed by atoms with Gasteiger partial charge in [0.05, 0.1) is 6.33 Å². The maximum atomic E-state index is 11.4. The minimum Gasteiger partial charge on any atom is -0.388 e. The van der Waals surface area contributed by atoms with Crippen LogP contribution < -0.4 is 5.73 Å². The molecule has 0 radical (unpaired) electrons. The van der Waals surface area contributed by atoms with E-state index in [1.807, 2.05) is 0 Å². The molecule has 12 heteroatoms. The van der Waals surface area contributed by atoms with Crippen LogP contribution in [0.2, 0.25) is 0 Å². The van der Waals surface area contributed by atoms with Gasteiger partial charge in [0, 0.05) is 13.5 Å². The molecule has 0 spiro atoms. The minimum atomic E-state index is -4.27. The van der Waals surface area contributed by atoms with Crippen molar-refractivity contribution in [2.24, 2.45) is 0 Å². The van der Waals surface area contributed by atoms with Crippen molar-refractivity contribution in [1.82, 2.24) is 19.5 Å². The highest BCUT2D eigenvalue weighted by Crippen LogP contribution is 2.47. The normalized spacial score (nSPS) is 28.0. The van der Waals surface area contributed by atoms with Crippen LogP contribution in [-0.2, 0) is 18.3 Å². The van der Waals surface area contributed by atoms with E-state index in [1.54, 1.807) is 0 Å². The predicted molar refractivity (Wildman–Crippen MR) is 72.2 cm³/mol. The van der Waals surface area contributed by atoms with Gasteiger partial charge in [-0.3, -0.25) is 13.6 Å². The van der Waals surface area contributed by atoms with Crippen LogP contribution in [0.5, 0.6) is 0 Å². The molecule has 120 valence electrons. The Bertz CT molecular complexity index is 738. The number of hydrogen-bond donors (Lipinski definition) is 3. The molecule has 22 heavy (non-hydrogen) atoms. The highest BCUT2D eigenvalue weighted by Gasteiger charge is 2.41. The second-order valence-electron chi connectivity index (χ2n) is 4.60. The largest absolute Gasteiger partial charge is 0.474 e. The van der Waals surface area contributed by atoms with E-state index in [9.17, 15) is 14.6 Å². The van der Waals surface area contributed by atoms with Gasteiger partial charge in [-0.2, -0.15) is 0 Å². The van der Waals surface area contributed by atoms with E-state index in [0.717, 1.165) is 7.11 Å². The molecule has 4 N–H and O–H groups in total. The molecule has 11 nitrogen and oxygen atoms in total. The van der Waals surface area contributed by atoms with Crippen molar-refractivity contribution < 1.29 is 28.3 Å². The van der Waals surface area contributed by atoms with E-state index in [0.29, 0.717) is 11.2 Å². The predicted octanol–water partition coefficient (Wildman–Crippen LogP) is -0.222. The first kappa shape index (κ1) is 15.3. The number of imidazole rings is 1. The van der Waals surface area contributed by atoms with Gasteiger partial charge in [0.2, 0.25) is 0 Å². The number of aliphatic hydroxyl groups is 1. The van der Waals surface area contributed by atoms with Gasteiger partial charge in [0.25, 0.3) is 0 Å². The zero-order valence-corrected chi connectivity index (χ0v) is 12.3. The monoisotopic (exact) mass is 331 g/mol. The topological polar surface area (TPSA) is 155 Å². The second-order valence-corrected chi connectivity index (χ2v) is 6.11. The molecule has 0 aromatic carbocycles. The van der Waals surface area contributed by atoms with E-state index in [1.165, 1.54) is 17.2 Å². The zero-order chi connectivity index (χ0) is 15.9. The maximum Gasteiger partial charge on any atom is 0.474 e. The summed E-state index contributed by atoms with van der Waals surface area (Å²) in [6.07, 6.45) is -0.276. The van der Waals surface area contributed by atoms with Gasteiger partial charge < -0.3 is 20.5 Å². The Morgan fingerprint density at radius 3 is 3.00 bits per heavy atom. The van der Waals surface area contributed by atoms with Crippen molar-refractivity contribution in [3.63, 3.8) is 0 Å². The number of anilines is 1. The number of aromatic nitrogens is 4. The van der Waals surface area contributed by atoms with Gasteiger partial charge in [-0.05, 0) is 0 Å². The molecule has 1 saturated heterocycles. The molecular weight excluding hydrogens is 317 g/mol. The average molecular weight is 331 g/mol. The summed E-state index contributed by atoms with van der Waals surface area (Å²) in [6.45, 7) is 0. The molecule has 3 rings (SSSR count). The number of phosphoric acid groups is 1. The smallest absolute Gasteiger partial charge is 0.388 e. The molecule has 2 aromatic heterocycles. The van der Waals surface area contributed by atoms with Crippen molar-refractivity contribution in [1.29, 1.82) is 0 Å². The van der Waals surface area contributed by atoms with Crippen LogP contribution in [-0.4, -0.2) is 49.0 Å². The molecule has 1 unspecified atom stereocenters. The van der Waals surface area contributed by atoms with Crippen LogP contribution in [0.25, 0.3) is 11.2 Å². The maximum absolute atomic E-state index is 11.4. The molecule has 4 atom stereocenters. The fraction of sp³-hybridized carbons (Fsp3) is 0.500. The summed E-state index contributed by atoms with van der Waals surface area (Å²) < 4.78 is 27.4. The number of nitrogens with zero attached hydrogens (tertiary/aromatic N) is 4. The molecule has 1 aliphatic heterocycles. The summed E-state index contributed by atoms with van der Waals surface area (Å²) in [5.74, 6) is 0.217. The molecule has 0 amide bonds. The van der Waals surface area contributed by atoms with Gasteiger partial charge >= 0.3 is 7.82 Å². The van der Waals surface area contributed by atoms with Crippen LogP contribution in [0.1, 0.15) is 12.6 Å². The molecule has 0 saturated carbocycles. The van der Waals surface area contributed by atoms with Gasteiger partial charge in [-0.25, -0.2) is 19.5 Å². The number of phosphoric ester groups is 1. The number of ether oxygens (including phenoxy) is 1. The Labute approximate surface area is 124 Å². The van der Waals surface area contributed by atoms with Gasteiger partial charge in [-0.1, -0.05) is 0 Å². The van der Waals surface area contributed by atoms with E-state index in [4.69, 9.17) is 15.0 Å². The number of aliphatic hydroxyl groups excluding tert-OH is 1. The third-order valence-corrected chi connectivity index (χ3v) is 4.15. The number of nitrogens with two attached hydrogens (primary N) is 1. The molecule has 1 aliphatic rings. The second kappa shape index (κ2) is 5.54. The van der Waals surface area contributed by atoms with Gasteiger partial charge in [-0.15, -0.1) is 0 Å². The highest BCUT2D eigenvalue weighted by atomic mass is 31.2. The Morgan fingerprint density at radius 2 is 2.27 bits per heavy atom.